The van der Waals surface area contributed by atoms with Gasteiger partial charge in [0, 0.05) is 6.04 Å². The van der Waals surface area contributed by atoms with Crippen LogP contribution in [0.15, 0.2) is 29.2 Å². The maximum atomic E-state index is 12.7. The Morgan fingerprint density at radius 2 is 1.75 bits per heavy atom. The van der Waals surface area contributed by atoms with Crippen LogP contribution in [0, 0.1) is 5.41 Å². The maximum absolute atomic E-state index is 12.7. The Morgan fingerprint density at radius 3 is 2.15 bits per heavy atom. The fourth-order valence-corrected chi connectivity index (χ4v) is 4.98. The van der Waals surface area contributed by atoms with Gasteiger partial charge in [0.05, 0.1) is 10.1 Å². The molecule has 0 heterocycles. The number of hydrogen-bond donors (Lipinski definition) is 1. The molecule has 0 bridgehead atoms. The van der Waals surface area contributed by atoms with Crippen molar-refractivity contribution in [2.24, 2.45) is 11.1 Å². The Labute approximate surface area is 122 Å². The SMILES string of the molecule is CC(C)c1ccc(S(=O)(=O)C2CCC(C)(C)C2N)cc1. The van der Waals surface area contributed by atoms with Crippen molar-refractivity contribution in [3.05, 3.63) is 29.8 Å². The van der Waals surface area contributed by atoms with Crippen LogP contribution in [0.4, 0.5) is 0 Å². The summed E-state index contributed by atoms with van der Waals surface area (Å²) >= 11 is 0. The number of sulfone groups is 1. The van der Waals surface area contributed by atoms with E-state index < -0.39 is 15.1 Å². The minimum atomic E-state index is -3.33. The third kappa shape index (κ3) is 2.63. The molecular formula is C16H25NO2S. The lowest BCUT2D eigenvalue weighted by molar-refractivity contribution is 0.332. The van der Waals surface area contributed by atoms with Crippen molar-refractivity contribution >= 4 is 9.84 Å². The van der Waals surface area contributed by atoms with E-state index in [9.17, 15) is 8.42 Å². The summed E-state index contributed by atoms with van der Waals surface area (Å²) in [6.07, 6.45) is 1.52. The first-order valence-electron chi connectivity index (χ1n) is 7.26. The van der Waals surface area contributed by atoms with E-state index in [2.05, 4.69) is 27.7 Å². The monoisotopic (exact) mass is 295 g/mol. The average Bonchev–Trinajstić information content (AvgIpc) is 2.65. The third-order valence-electron chi connectivity index (χ3n) is 4.65. The number of rotatable bonds is 3. The molecule has 0 aromatic heterocycles. The highest BCUT2D eigenvalue weighted by Gasteiger charge is 2.46. The van der Waals surface area contributed by atoms with Gasteiger partial charge in [-0.1, -0.05) is 39.8 Å². The van der Waals surface area contributed by atoms with Crippen LogP contribution in [0.5, 0.6) is 0 Å². The number of nitrogens with two attached hydrogens (primary N) is 1. The summed E-state index contributed by atoms with van der Waals surface area (Å²) in [4.78, 5) is 0.403. The lowest BCUT2D eigenvalue weighted by atomic mass is 9.88. The zero-order valence-corrected chi connectivity index (χ0v) is 13.6. The van der Waals surface area contributed by atoms with E-state index in [1.165, 1.54) is 0 Å². The minimum absolute atomic E-state index is 0.102. The molecule has 1 fully saturated rings. The van der Waals surface area contributed by atoms with Crippen LogP contribution in [0.1, 0.15) is 52.0 Å². The van der Waals surface area contributed by atoms with E-state index in [1.54, 1.807) is 12.1 Å². The van der Waals surface area contributed by atoms with Gasteiger partial charge in [-0.15, -0.1) is 0 Å². The Kier molecular flexibility index (Phi) is 4.00. The van der Waals surface area contributed by atoms with Gasteiger partial charge in [-0.3, -0.25) is 0 Å². The molecule has 0 aliphatic heterocycles. The number of benzene rings is 1. The van der Waals surface area contributed by atoms with Crippen LogP contribution in [-0.2, 0) is 9.84 Å². The van der Waals surface area contributed by atoms with Crippen LogP contribution < -0.4 is 5.73 Å². The number of hydrogen-bond acceptors (Lipinski definition) is 3. The molecular weight excluding hydrogens is 270 g/mol. The first-order valence-corrected chi connectivity index (χ1v) is 8.80. The Balaban J connectivity index is 2.32. The predicted molar refractivity (Wildman–Crippen MR) is 82.5 cm³/mol. The molecule has 0 amide bonds. The molecule has 2 atom stereocenters. The van der Waals surface area contributed by atoms with E-state index in [0.717, 1.165) is 12.0 Å². The van der Waals surface area contributed by atoms with E-state index in [4.69, 9.17) is 5.73 Å². The Morgan fingerprint density at radius 1 is 1.20 bits per heavy atom. The van der Waals surface area contributed by atoms with Crippen molar-refractivity contribution in [2.75, 3.05) is 0 Å². The van der Waals surface area contributed by atoms with Crippen LogP contribution in [0.3, 0.4) is 0 Å². The normalized spacial score (nSPS) is 26.1. The second-order valence-electron chi connectivity index (χ2n) is 6.86. The molecule has 112 valence electrons. The van der Waals surface area contributed by atoms with Crippen molar-refractivity contribution in [1.29, 1.82) is 0 Å². The van der Waals surface area contributed by atoms with Gasteiger partial charge in [-0.2, -0.15) is 0 Å². The summed E-state index contributed by atoms with van der Waals surface area (Å²) in [6, 6.07) is 6.97. The van der Waals surface area contributed by atoms with Gasteiger partial charge < -0.3 is 5.73 Å². The highest BCUT2D eigenvalue weighted by Crippen LogP contribution is 2.41. The molecule has 1 aliphatic rings. The average molecular weight is 295 g/mol. The van der Waals surface area contributed by atoms with Gasteiger partial charge in [0.25, 0.3) is 0 Å². The summed E-state index contributed by atoms with van der Waals surface area (Å²) in [6.45, 7) is 8.29. The van der Waals surface area contributed by atoms with Crippen molar-refractivity contribution < 1.29 is 8.42 Å². The minimum Gasteiger partial charge on any atom is -0.326 e. The summed E-state index contributed by atoms with van der Waals surface area (Å²) in [5.41, 5.74) is 7.23. The smallest absolute Gasteiger partial charge is 0.182 e. The predicted octanol–water partition coefficient (Wildman–Crippen LogP) is 3.10. The van der Waals surface area contributed by atoms with Gasteiger partial charge in [-0.25, -0.2) is 8.42 Å². The first kappa shape index (κ1) is 15.5. The Bertz CT molecular complexity index is 573. The fraction of sp³-hybridized carbons (Fsp3) is 0.625. The summed E-state index contributed by atoms with van der Waals surface area (Å²) in [5.74, 6) is 0.402. The molecule has 2 N–H and O–H groups in total. The standard InChI is InChI=1S/C16H25NO2S/c1-11(2)12-5-7-13(8-6-12)20(18,19)14-9-10-16(3,4)15(14)17/h5-8,11,14-15H,9-10,17H2,1-4H3. The molecule has 1 aliphatic carbocycles. The molecule has 1 saturated carbocycles. The molecule has 0 radical (unpaired) electrons. The van der Waals surface area contributed by atoms with Gasteiger partial charge in [-0.05, 0) is 41.9 Å². The van der Waals surface area contributed by atoms with Crippen LogP contribution in [0.2, 0.25) is 0 Å². The topological polar surface area (TPSA) is 60.2 Å². The first-order chi connectivity index (χ1) is 9.16. The summed E-state index contributed by atoms with van der Waals surface area (Å²) in [7, 11) is -3.33. The zero-order valence-electron chi connectivity index (χ0n) is 12.8. The third-order valence-corrected chi connectivity index (χ3v) is 6.91. The second kappa shape index (κ2) is 5.15. The van der Waals surface area contributed by atoms with Crippen LogP contribution in [0.25, 0.3) is 0 Å². The summed E-state index contributed by atoms with van der Waals surface area (Å²) < 4.78 is 25.5. The van der Waals surface area contributed by atoms with Crippen molar-refractivity contribution in [2.45, 2.75) is 62.6 Å². The molecule has 3 nitrogen and oxygen atoms in total. The quantitative estimate of drug-likeness (QED) is 0.932. The largest absolute Gasteiger partial charge is 0.326 e. The van der Waals surface area contributed by atoms with Gasteiger partial charge in [0.2, 0.25) is 0 Å². The van der Waals surface area contributed by atoms with Crippen molar-refractivity contribution in [3.8, 4) is 0 Å². The fourth-order valence-electron chi connectivity index (χ4n) is 2.93. The van der Waals surface area contributed by atoms with Crippen molar-refractivity contribution in [3.63, 3.8) is 0 Å². The van der Waals surface area contributed by atoms with Crippen LogP contribution in [-0.4, -0.2) is 19.7 Å². The highest BCUT2D eigenvalue weighted by atomic mass is 32.2. The molecule has 4 heteroatoms. The van der Waals surface area contributed by atoms with Gasteiger partial charge >= 0.3 is 0 Å². The van der Waals surface area contributed by atoms with E-state index in [0.29, 0.717) is 17.2 Å². The molecule has 0 spiro atoms. The van der Waals surface area contributed by atoms with Crippen LogP contribution >= 0.6 is 0 Å². The zero-order chi connectivity index (χ0) is 15.1. The molecule has 1 aromatic rings. The molecule has 20 heavy (non-hydrogen) atoms. The van der Waals surface area contributed by atoms with Crippen molar-refractivity contribution in [1.82, 2.24) is 0 Å². The summed E-state index contributed by atoms with van der Waals surface area (Å²) in [5, 5.41) is -0.456. The lowest BCUT2D eigenvalue weighted by Gasteiger charge is -2.26. The molecule has 2 rings (SSSR count). The lowest BCUT2D eigenvalue weighted by Crippen LogP contribution is -2.43. The van der Waals surface area contributed by atoms with E-state index in [-0.39, 0.29) is 11.5 Å². The molecule has 1 aromatic carbocycles. The molecule has 2 unspecified atom stereocenters. The maximum Gasteiger partial charge on any atom is 0.182 e. The Hall–Kier alpha value is -0.870. The highest BCUT2D eigenvalue weighted by molar-refractivity contribution is 7.92. The van der Waals surface area contributed by atoms with E-state index >= 15 is 0 Å². The van der Waals surface area contributed by atoms with E-state index in [1.807, 2.05) is 12.1 Å². The van der Waals surface area contributed by atoms with Gasteiger partial charge in [0.1, 0.15) is 0 Å². The molecule has 0 saturated heterocycles. The van der Waals surface area contributed by atoms with Gasteiger partial charge in [0.15, 0.2) is 9.84 Å². The second-order valence-corrected chi connectivity index (χ2v) is 9.03.